The van der Waals surface area contributed by atoms with E-state index in [0.29, 0.717) is 12.3 Å². The first-order valence-electron chi connectivity index (χ1n) is 8.44. The lowest BCUT2D eigenvalue weighted by molar-refractivity contribution is -0.120. The number of carbonyl (C=O) groups is 2. The molecule has 0 saturated heterocycles. The fourth-order valence-electron chi connectivity index (χ4n) is 2.63. The molecule has 1 N–H and O–H groups in total. The summed E-state index contributed by atoms with van der Waals surface area (Å²) in [4.78, 5) is 23.8. The normalized spacial score (nSPS) is 19.5. The van der Waals surface area contributed by atoms with Gasteiger partial charge in [-0.05, 0) is 66.2 Å². The van der Waals surface area contributed by atoms with Gasteiger partial charge in [0.1, 0.15) is 5.60 Å². The van der Waals surface area contributed by atoms with E-state index in [1.165, 1.54) is 11.1 Å². The molecule has 23 heavy (non-hydrogen) atoms. The molecule has 1 aliphatic carbocycles. The standard InChI is InChI=1S/C19H31NO3/c1-13(2)16-10-7-15(8-11-16)9-12-17(21)14(3)20-18(22)23-19(4,5)6/h7,14,16H,1,8-12H2,2-6H3,(H,20,22)/t14-,16+/m0/s1. The number of alkyl carbamates (subject to hydrolysis) is 1. The van der Waals surface area contributed by atoms with Crippen LogP contribution in [-0.4, -0.2) is 23.5 Å². The Morgan fingerprint density at radius 1 is 1.43 bits per heavy atom. The van der Waals surface area contributed by atoms with Gasteiger partial charge in [-0.3, -0.25) is 4.79 Å². The van der Waals surface area contributed by atoms with Crippen LogP contribution >= 0.6 is 0 Å². The summed E-state index contributed by atoms with van der Waals surface area (Å²) in [5.41, 5.74) is 2.03. The van der Waals surface area contributed by atoms with Crippen LogP contribution in [-0.2, 0) is 9.53 Å². The zero-order chi connectivity index (χ0) is 17.6. The van der Waals surface area contributed by atoms with Gasteiger partial charge in [0, 0.05) is 6.42 Å². The molecule has 2 atom stereocenters. The molecular formula is C19H31NO3. The summed E-state index contributed by atoms with van der Waals surface area (Å²) in [7, 11) is 0. The summed E-state index contributed by atoms with van der Waals surface area (Å²) in [5.74, 6) is 0.626. The Balaban J connectivity index is 2.36. The van der Waals surface area contributed by atoms with E-state index in [2.05, 4.69) is 24.9 Å². The average molecular weight is 321 g/mol. The number of Topliss-reactive ketones (excluding diaryl/α,β-unsaturated/α-hetero) is 1. The number of hydrogen-bond donors (Lipinski definition) is 1. The third kappa shape index (κ3) is 7.49. The van der Waals surface area contributed by atoms with Crippen molar-refractivity contribution < 1.29 is 14.3 Å². The van der Waals surface area contributed by atoms with E-state index in [4.69, 9.17) is 4.74 Å². The van der Waals surface area contributed by atoms with Crippen LogP contribution < -0.4 is 5.32 Å². The molecule has 0 aromatic carbocycles. The zero-order valence-electron chi connectivity index (χ0n) is 15.2. The van der Waals surface area contributed by atoms with Crippen LogP contribution in [0.5, 0.6) is 0 Å². The Hall–Kier alpha value is -1.58. The van der Waals surface area contributed by atoms with Crippen molar-refractivity contribution in [1.82, 2.24) is 5.32 Å². The lowest BCUT2D eigenvalue weighted by Crippen LogP contribution is -2.41. The maximum Gasteiger partial charge on any atom is 0.408 e. The SMILES string of the molecule is C=C(C)[C@@H]1CC=C(CCC(=O)[C@H](C)NC(=O)OC(C)(C)C)CC1. The second-order valence-electron chi connectivity index (χ2n) is 7.51. The van der Waals surface area contributed by atoms with Crippen molar-refractivity contribution in [3.05, 3.63) is 23.8 Å². The number of amides is 1. The van der Waals surface area contributed by atoms with Crippen LogP contribution in [0.25, 0.3) is 0 Å². The van der Waals surface area contributed by atoms with Gasteiger partial charge in [0.05, 0.1) is 6.04 Å². The number of nitrogens with one attached hydrogen (secondary N) is 1. The third-order valence-corrected chi connectivity index (χ3v) is 4.11. The fourth-order valence-corrected chi connectivity index (χ4v) is 2.63. The van der Waals surface area contributed by atoms with Gasteiger partial charge in [0.15, 0.2) is 5.78 Å². The maximum absolute atomic E-state index is 12.1. The molecule has 0 saturated carbocycles. The first kappa shape index (κ1) is 19.5. The van der Waals surface area contributed by atoms with Gasteiger partial charge in [-0.15, -0.1) is 0 Å². The molecule has 0 fully saturated rings. The molecule has 4 heteroatoms. The maximum atomic E-state index is 12.1. The van der Waals surface area contributed by atoms with Gasteiger partial charge in [-0.2, -0.15) is 0 Å². The van der Waals surface area contributed by atoms with Crippen molar-refractivity contribution in [1.29, 1.82) is 0 Å². The van der Waals surface area contributed by atoms with Gasteiger partial charge < -0.3 is 10.1 Å². The van der Waals surface area contributed by atoms with E-state index in [1.807, 2.05) is 0 Å². The number of rotatable bonds is 6. The summed E-state index contributed by atoms with van der Waals surface area (Å²) in [6.45, 7) is 13.2. The monoisotopic (exact) mass is 321 g/mol. The van der Waals surface area contributed by atoms with Gasteiger partial charge in [-0.1, -0.05) is 23.8 Å². The third-order valence-electron chi connectivity index (χ3n) is 4.11. The van der Waals surface area contributed by atoms with Crippen LogP contribution in [0.2, 0.25) is 0 Å². The molecule has 0 aromatic rings. The van der Waals surface area contributed by atoms with Gasteiger partial charge >= 0.3 is 6.09 Å². The molecule has 0 heterocycles. The Bertz CT molecular complexity index is 485. The van der Waals surface area contributed by atoms with Crippen LogP contribution in [0.1, 0.15) is 66.7 Å². The minimum absolute atomic E-state index is 0.0405. The Morgan fingerprint density at radius 3 is 2.57 bits per heavy atom. The topological polar surface area (TPSA) is 55.4 Å². The summed E-state index contributed by atoms with van der Waals surface area (Å²) in [6, 6.07) is -0.516. The second kappa shape index (κ2) is 8.32. The summed E-state index contributed by atoms with van der Waals surface area (Å²) >= 11 is 0. The minimum atomic E-state index is -0.556. The summed E-state index contributed by atoms with van der Waals surface area (Å²) in [5, 5.41) is 2.60. The molecule has 0 aromatic heterocycles. The largest absolute Gasteiger partial charge is 0.444 e. The van der Waals surface area contributed by atoms with Crippen LogP contribution in [0.3, 0.4) is 0 Å². The molecule has 4 nitrogen and oxygen atoms in total. The van der Waals surface area contributed by atoms with Crippen molar-refractivity contribution in [3.8, 4) is 0 Å². The van der Waals surface area contributed by atoms with E-state index < -0.39 is 17.7 Å². The predicted molar refractivity (Wildman–Crippen MR) is 93.3 cm³/mol. The number of allylic oxidation sites excluding steroid dienone is 3. The molecule has 1 amide bonds. The molecule has 130 valence electrons. The van der Waals surface area contributed by atoms with E-state index in [0.717, 1.165) is 25.7 Å². The Morgan fingerprint density at radius 2 is 2.09 bits per heavy atom. The lowest BCUT2D eigenvalue weighted by atomic mass is 9.84. The molecule has 0 radical (unpaired) electrons. The first-order chi connectivity index (χ1) is 10.6. The van der Waals surface area contributed by atoms with E-state index in [9.17, 15) is 9.59 Å². The summed E-state index contributed by atoms with van der Waals surface area (Å²) in [6.07, 6.45) is 6.15. The molecule has 1 aliphatic rings. The molecule has 0 unspecified atom stereocenters. The van der Waals surface area contributed by atoms with Gasteiger partial charge in [0.2, 0.25) is 0 Å². The quantitative estimate of drug-likeness (QED) is 0.730. The number of carbonyl (C=O) groups excluding carboxylic acids is 2. The summed E-state index contributed by atoms with van der Waals surface area (Å²) < 4.78 is 5.17. The van der Waals surface area contributed by atoms with Crippen LogP contribution in [0.15, 0.2) is 23.8 Å². The highest BCUT2D eigenvalue weighted by atomic mass is 16.6. The highest BCUT2D eigenvalue weighted by Gasteiger charge is 2.21. The van der Waals surface area contributed by atoms with E-state index in [1.54, 1.807) is 27.7 Å². The van der Waals surface area contributed by atoms with Crippen molar-refractivity contribution in [2.75, 3.05) is 0 Å². The molecule has 1 rings (SSSR count). The molecule has 0 spiro atoms. The Kier molecular flexibility index (Phi) is 7.04. The van der Waals surface area contributed by atoms with Crippen molar-refractivity contribution >= 4 is 11.9 Å². The first-order valence-corrected chi connectivity index (χ1v) is 8.44. The highest BCUT2D eigenvalue weighted by molar-refractivity contribution is 5.87. The van der Waals surface area contributed by atoms with Crippen molar-refractivity contribution in [2.45, 2.75) is 78.4 Å². The highest BCUT2D eigenvalue weighted by Crippen LogP contribution is 2.30. The van der Waals surface area contributed by atoms with E-state index >= 15 is 0 Å². The fraction of sp³-hybridized carbons (Fsp3) is 0.684. The lowest BCUT2D eigenvalue weighted by Gasteiger charge is -2.23. The van der Waals surface area contributed by atoms with E-state index in [-0.39, 0.29) is 5.78 Å². The predicted octanol–water partition coefficient (Wildman–Crippen LogP) is 4.55. The number of ether oxygens (including phenoxy) is 1. The molecule has 0 aliphatic heterocycles. The number of hydrogen-bond acceptors (Lipinski definition) is 3. The molecule has 0 bridgehead atoms. The average Bonchev–Trinajstić information content (AvgIpc) is 2.42. The van der Waals surface area contributed by atoms with Crippen molar-refractivity contribution in [3.63, 3.8) is 0 Å². The smallest absolute Gasteiger partial charge is 0.408 e. The van der Waals surface area contributed by atoms with Crippen LogP contribution in [0.4, 0.5) is 4.79 Å². The van der Waals surface area contributed by atoms with Gasteiger partial charge in [-0.25, -0.2) is 4.79 Å². The number of ketones is 1. The Labute approximate surface area is 140 Å². The zero-order valence-corrected chi connectivity index (χ0v) is 15.2. The van der Waals surface area contributed by atoms with Crippen LogP contribution in [0, 0.1) is 5.92 Å². The van der Waals surface area contributed by atoms with Gasteiger partial charge in [0.25, 0.3) is 0 Å². The van der Waals surface area contributed by atoms with Crippen molar-refractivity contribution in [2.24, 2.45) is 5.92 Å². The second-order valence-corrected chi connectivity index (χ2v) is 7.51. The minimum Gasteiger partial charge on any atom is -0.444 e. The molecular weight excluding hydrogens is 290 g/mol.